The highest BCUT2D eigenvalue weighted by Gasteiger charge is 2.40. The van der Waals surface area contributed by atoms with Crippen molar-refractivity contribution in [3.05, 3.63) is 46.1 Å². The van der Waals surface area contributed by atoms with Gasteiger partial charge in [0.2, 0.25) is 0 Å². The Labute approximate surface area is 146 Å². The molecule has 122 valence electrons. The fraction of sp³-hybridized carbons (Fsp3) is 0.412. The summed E-state index contributed by atoms with van der Waals surface area (Å²) in [5.74, 6) is -0.300. The minimum atomic E-state index is -0.311. The predicted octanol–water partition coefficient (Wildman–Crippen LogP) is 3.57. The van der Waals surface area contributed by atoms with Crippen LogP contribution in [0.5, 0.6) is 0 Å². The van der Waals surface area contributed by atoms with Crippen LogP contribution < -0.4 is 5.32 Å². The third-order valence-corrected chi connectivity index (χ3v) is 4.70. The Bertz CT molecular complexity index is 668. The van der Waals surface area contributed by atoms with Crippen LogP contribution in [0.15, 0.2) is 35.5 Å². The molecular formula is C17H19ClN2O2S. The van der Waals surface area contributed by atoms with Crippen molar-refractivity contribution in [2.75, 3.05) is 6.61 Å². The minimum absolute atomic E-state index is 0.300. The lowest BCUT2D eigenvalue weighted by atomic mass is 9.95. The Kier molecular flexibility index (Phi) is 4.60. The van der Waals surface area contributed by atoms with Crippen molar-refractivity contribution >= 4 is 34.9 Å². The van der Waals surface area contributed by atoms with Gasteiger partial charge in [0.15, 0.2) is 5.11 Å². The van der Waals surface area contributed by atoms with Crippen LogP contribution in [0.4, 0.5) is 0 Å². The van der Waals surface area contributed by atoms with E-state index in [1.54, 1.807) is 0 Å². The van der Waals surface area contributed by atoms with Gasteiger partial charge in [0.05, 0.1) is 18.2 Å². The monoisotopic (exact) mass is 350 g/mol. The van der Waals surface area contributed by atoms with E-state index in [4.69, 9.17) is 28.6 Å². The van der Waals surface area contributed by atoms with Gasteiger partial charge in [-0.1, -0.05) is 23.7 Å². The number of esters is 1. The van der Waals surface area contributed by atoms with Gasteiger partial charge in [-0.3, -0.25) is 0 Å². The minimum Gasteiger partial charge on any atom is -0.463 e. The third-order valence-electron chi connectivity index (χ3n) is 4.14. The van der Waals surface area contributed by atoms with Crippen molar-refractivity contribution in [3.63, 3.8) is 0 Å². The van der Waals surface area contributed by atoms with Crippen LogP contribution >= 0.6 is 23.8 Å². The molecule has 1 aromatic carbocycles. The number of ether oxygens (including phenoxy) is 1. The SMILES string of the molecule is CCOC(=O)C1=C(C)N(C2CC2)C(=S)N[C@H]1c1ccc(Cl)cc1. The Morgan fingerprint density at radius 2 is 2.04 bits per heavy atom. The Morgan fingerprint density at radius 1 is 1.39 bits per heavy atom. The Hall–Kier alpha value is -1.59. The van der Waals surface area contributed by atoms with E-state index in [0.29, 0.717) is 28.4 Å². The lowest BCUT2D eigenvalue weighted by Gasteiger charge is -2.37. The number of hydrogen-bond acceptors (Lipinski definition) is 3. The second-order valence-electron chi connectivity index (χ2n) is 5.75. The van der Waals surface area contributed by atoms with Crippen LogP contribution in [-0.4, -0.2) is 28.6 Å². The molecule has 1 atom stereocenters. The molecule has 6 heteroatoms. The van der Waals surface area contributed by atoms with E-state index in [2.05, 4.69) is 5.32 Å². The quantitative estimate of drug-likeness (QED) is 0.664. The maximum Gasteiger partial charge on any atom is 0.338 e. The average molecular weight is 351 g/mol. The first-order valence-electron chi connectivity index (χ1n) is 7.76. The molecule has 3 rings (SSSR count). The highest BCUT2D eigenvalue weighted by Crippen LogP contribution is 2.38. The van der Waals surface area contributed by atoms with Crippen molar-refractivity contribution in [3.8, 4) is 0 Å². The van der Waals surface area contributed by atoms with Crippen molar-refractivity contribution in [2.45, 2.75) is 38.8 Å². The fourth-order valence-electron chi connectivity index (χ4n) is 2.91. The molecule has 0 radical (unpaired) electrons. The molecule has 1 N–H and O–H groups in total. The van der Waals surface area contributed by atoms with E-state index in [1.807, 2.05) is 43.0 Å². The number of allylic oxidation sites excluding steroid dienone is 1. The number of rotatable bonds is 4. The first-order chi connectivity index (χ1) is 11.0. The normalized spacial score (nSPS) is 21.3. The number of nitrogens with zero attached hydrogens (tertiary/aromatic N) is 1. The standard InChI is InChI=1S/C17H19ClN2O2S/c1-3-22-16(21)14-10(2)20(13-8-9-13)17(23)19-15(14)11-4-6-12(18)7-5-11/h4-7,13,15H,3,8-9H2,1-2H3,(H,19,23)/t15-/m0/s1. The van der Waals surface area contributed by atoms with Gasteiger partial charge in [-0.2, -0.15) is 0 Å². The lowest BCUT2D eigenvalue weighted by molar-refractivity contribution is -0.139. The highest BCUT2D eigenvalue weighted by molar-refractivity contribution is 7.80. The maximum atomic E-state index is 12.5. The molecule has 1 fully saturated rings. The second-order valence-corrected chi connectivity index (χ2v) is 6.58. The van der Waals surface area contributed by atoms with E-state index in [0.717, 1.165) is 24.1 Å². The van der Waals surface area contributed by atoms with Crippen molar-refractivity contribution in [2.24, 2.45) is 0 Å². The number of carbonyl (C=O) groups excluding carboxylic acids is 1. The summed E-state index contributed by atoms with van der Waals surface area (Å²) in [6.07, 6.45) is 2.20. The fourth-order valence-corrected chi connectivity index (χ4v) is 3.44. The summed E-state index contributed by atoms with van der Waals surface area (Å²) >= 11 is 11.5. The summed E-state index contributed by atoms with van der Waals surface area (Å²) in [4.78, 5) is 14.6. The molecule has 0 amide bonds. The van der Waals surface area contributed by atoms with Crippen LogP contribution in [0.3, 0.4) is 0 Å². The zero-order chi connectivity index (χ0) is 16.6. The van der Waals surface area contributed by atoms with E-state index in [-0.39, 0.29) is 12.0 Å². The molecule has 0 aromatic heterocycles. The molecule has 0 bridgehead atoms. The summed E-state index contributed by atoms with van der Waals surface area (Å²) in [5, 5.41) is 4.62. The van der Waals surface area contributed by atoms with Gasteiger partial charge in [0.1, 0.15) is 0 Å². The van der Waals surface area contributed by atoms with E-state index in [1.165, 1.54) is 0 Å². The van der Waals surface area contributed by atoms with Gasteiger partial charge in [-0.25, -0.2) is 4.79 Å². The number of carbonyl (C=O) groups is 1. The average Bonchev–Trinajstić information content (AvgIpc) is 3.32. The first kappa shape index (κ1) is 16.3. The molecule has 1 aromatic rings. The van der Waals surface area contributed by atoms with Crippen LogP contribution in [0.1, 0.15) is 38.3 Å². The van der Waals surface area contributed by atoms with Gasteiger partial charge in [0, 0.05) is 16.8 Å². The summed E-state index contributed by atoms with van der Waals surface area (Å²) < 4.78 is 5.28. The van der Waals surface area contributed by atoms with Crippen molar-refractivity contribution in [1.82, 2.24) is 10.2 Å². The van der Waals surface area contributed by atoms with E-state index >= 15 is 0 Å². The molecule has 2 aliphatic rings. The zero-order valence-corrected chi connectivity index (χ0v) is 14.7. The summed E-state index contributed by atoms with van der Waals surface area (Å²) in [7, 11) is 0. The molecular weight excluding hydrogens is 332 g/mol. The van der Waals surface area contributed by atoms with Crippen LogP contribution in [0.2, 0.25) is 5.02 Å². The van der Waals surface area contributed by atoms with Gasteiger partial charge < -0.3 is 15.0 Å². The zero-order valence-electron chi connectivity index (χ0n) is 13.1. The van der Waals surface area contributed by atoms with Gasteiger partial charge in [0.25, 0.3) is 0 Å². The second kappa shape index (κ2) is 6.49. The Balaban J connectivity index is 2.04. The highest BCUT2D eigenvalue weighted by atomic mass is 35.5. The van der Waals surface area contributed by atoms with Crippen molar-refractivity contribution < 1.29 is 9.53 Å². The predicted molar refractivity (Wildman–Crippen MR) is 94.1 cm³/mol. The molecule has 1 heterocycles. The molecule has 0 unspecified atom stereocenters. The smallest absolute Gasteiger partial charge is 0.338 e. The molecule has 1 aliphatic heterocycles. The molecule has 1 aliphatic carbocycles. The number of thiocarbonyl (C=S) groups is 1. The first-order valence-corrected chi connectivity index (χ1v) is 8.54. The summed E-state index contributed by atoms with van der Waals surface area (Å²) in [6.45, 7) is 4.10. The van der Waals surface area contributed by atoms with E-state index < -0.39 is 0 Å². The number of benzene rings is 1. The lowest BCUT2D eigenvalue weighted by Crippen LogP contribution is -2.48. The maximum absolute atomic E-state index is 12.5. The Morgan fingerprint density at radius 3 is 2.61 bits per heavy atom. The van der Waals surface area contributed by atoms with Gasteiger partial charge in [-0.05, 0) is 56.6 Å². The number of halogens is 1. The molecule has 0 saturated heterocycles. The summed E-state index contributed by atoms with van der Waals surface area (Å²) in [6, 6.07) is 7.52. The van der Waals surface area contributed by atoms with Crippen molar-refractivity contribution in [1.29, 1.82) is 0 Å². The van der Waals surface area contributed by atoms with Crippen LogP contribution in [-0.2, 0) is 9.53 Å². The molecule has 4 nitrogen and oxygen atoms in total. The molecule has 23 heavy (non-hydrogen) atoms. The van der Waals surface area contributed by atoms with Gasteiger partial charge >= 0.3 is 5.97 Å². The van der Waals surface area contributed by atoms with Crippen LogP contribution in [0.25, 0.3) is 0 Å². The van der Waals surface area contributed by atoms with Gasteiger partial charge in [-0.15, -0.1) is 0 Å². The largest absolute Gasteiger partial charge is 0.463 e. The summed E-state index contributed by atoms with van der Waals surface area (Å²) in [5.41, 5.74) is 2.44. The van der Waals surface area contributed by atoms with E-state index in [9.17, 15) is 4.79 Å². The molecule has 1 saturated carbocycles. The number of hydrogen-bond donors (Lipinski definition) is 1. The van der Waals surface area contributed by atoms with Crippen LogP contribution in [0, 0.1) is 0 Å². The third kappa shape index (κ3) is 3.21. The topological polar surface area (TPSA) is 41.6 Å². The number of nitrogens with one attached hydrogen (secondary N) is 1. The molecule has 0 spiro atoms.